The van der Waals surface area contributed by atoms with Crippen molar-refractivity contribution >= 4 is 52.0 Å². The van der Waals surface area contributed by atoms with E-state index >= 15 is 0 Å². The number of pyridine rings is 1. The van der Waals surface area contributed by atoms with Gasteiger partial charge >= 0.3 is 0 Å². The summed E-state index contributed by atoms with van der Waals surface area (Å²) in [4.78, 5) is 38.4. The van der Waals surface area contributed by atoms with Crippen molar-refractivity contribution in [3.63, 3.8) is 0 Å². The largest absolute Gasteiger partial charge is 0.377 e. The summed E-state index contributed by atoms with van der Waals surface area (Å²) < 4.78 is 6.30. The topological polar surface area (TPSA) is 110 Å². The molecule has 1 aromatic carbocycles. The lowest BCUT2D eigenvalue weighted by Gasteiger charge is -2.39. The molecule has 0 radical (unpaired) electrons. The fourth-order valence-electron chi connectivity index (χ4n) is 6.67. The number of amides is 1. The van der Waals surface area contributed by atoms with Crippen molar-refractivity contribution in [2.24, 2.45) is 14.1 Å². The maximum absolute atomic E-state index is 13.8. The molecule has 12 heteroatoms. The lowest BCUT2D eigenvalue weighted by molar-refractivity contribution is 0.0980. The van der Waals surface area contributed by atoms with Gasteiger partial charge in [-0.3, -0.25) is 23.6 Å². The first-order valence-corrected chi connectivity index (χ1v) is 15.8. The number of aromatic nitrogens is 5. The highest BCUT2D eigenvalue weighted by Gasteiger charge is 2.43. The summed E-state index contributed by atoms with van der Waals surface area (Å²) in [6.07, 6.45) is 7.91. The van der Waals surface area contributed by atoms with E-state index in [0.717, 1.165) is 42.5 Å². The standard InChI is InChI=1S/C30H35ClN8O2S/c1-16-12-21(17(2)32-24-8-9-25(31)33-27(24)28(40)36-42-5)26-22(13-16)29(41)38(4)30(34-26)39-19-6-7-20(39)15-18(14-19)23-10-11-37(3)35-23/h8-13,17-20,32H,6-7,14-15H2,1-5H3,(H,36,40). The highest BCUT2D eigenvalue weighted by molar-refractivity contribution is 7.97. The van der Waals surface area contributed by atoms with E-state index in [0.29, 0.717) is 40.5 Å². The Morgan fingerprint density at radius 1 is 1.12 bits per heavy atom. The van der Waals surface area contributed by atoms with E-state index in [2.05, 4.69) is 37.2 Å². The summed E-state index contributed by atoms with van der Waals surface area (Å²) in [6, 6.07) is 9.81. The van der Waals surface area contributed by atoms with E-state index in [-0.39, 0.29) is 28.4 Å². The number of carbonyl (C=O) groups excluding carboxylic acids is 1. The summed E-state index contributed by atoms with van der Waals surface area (Å²) in [5.74, 6) is 0.781. The molecular formula is C30H35ClN8O2S. The zero-order valence-corrected chi connectivity index (χ0v) is 26.0. The van der Waals surface area contributed by atoms with Gasteiger partial charge in [-0.2, -0.15) is 5.10 Å². The fraction of sp³-hybridized carbons (Fsp3) is 0.433. The molecule has 2 saturated heterocycles. The normalized spacial score (nSPS) is 20.6. The van der Waals surface area contributed by atoms with Crippen LogP contribution >= 0.6 is 23.5 Å². The predicted molar refractivity (Wildman–Crippen MR) is 168 cm³/mol. The van der Waals surface area contributed by atoms with Crippen molar-refractivity contribution in [3.8, 4) is 0 Å². The van der Waals surface area contributed by atoms with Crippen LogP contribution < -0.4 is 20.5 Å². The van der Waals surface area contributed by atoms with Crippen molar-refractivity contribution < 1.29 is 4.79 Å². The molecule has 2 aliphatic rings. The van der Waals surface area contributed by atoms with Crippen LogP contribution in [0.2, 0.25) is 5.15 Å². The summed E-state index contributed by atoms with van der Waals surface area (Å²) in [6.45, 7) is 3.98. The molecule has 220 valence electrons. The lowest BCUT2D eigenvalue weighted by atomic mass is 9.88. The Morgan fingerprint density at radius 3 is 2.52 bits per heavy atom. The smallest absolute Gasteiger partial charge is 0.281 e. The van der Waals surface area contributed by atoms with Crippen molar-refractivity contribution in [2.45, 2.75) is 63.6 Å². The Bertz CT molecular complexity index is 1720. The summed E-state index contributed by atoms with van der Waals surface area (Å²) in [5.41, 5.74) is 4.35. The van der Waals surface area contributed by atoms with Crippen LogP contribution in [0.4, 0.5) is 11.6 Å². The number of carbonyl (C=O) groups is 1. The molecule has 0 saturated carbocycles. The van der Waals surface area contributed by atoms with Crippen LogP contribution in [0.15, 0.2) is 41.3 Å². The molecule has 1 amide bonds. The van der Waals surface area contributed by atoms with Crippen LogP contribution in [0.1, 0.15) is 71.9 Å². The van der Waals surface area contributed by atoms with Crippen molar-refractivity contribution in [2.75, 3.05) is 16.5 Å². The Labute approximate surface area is 254 Å². The minimum Gasteiger partial charge on any atom is -0.377 e. The maximum Gasteiger partial charge on any atom is 0.281 e. The van der Waals surface area contributed by atoms with Crippen LogP contribution in [0.3, 0.4) is 0 Å². The molecule has 3 unspecified atom stereocenters. The minimum absolute atomic E-state index is 0.0633. The molecular weight excluding hydrogens is 572 g/mol. The summed E-state index contributed by atoms with van der Waals surface area (Å²) in [5, 5.41) is 8.94. The third-order valence-electron chi connectivity index (χ3n) is 8.56. The molecule has 2 aliphatic heterocycles. The number of piperidine rings is 1. The molecule has 4 aromatic rings. The third kappa shape index (κ3) is 5.13. The molecule has 3 atom stereocenters. The molecule has 0 spiro atoms. The van der Waals surface area contributed by atoms with Crippen LogP contribution in [-0.2, 0) is 14.1 Å². The number of rotatable bonds is 7. The first kappa shape index (κ1) is 28.5. The SMILES string of the molecule is CSNC(=O)c1nc(Cl)ccc1NC(C)c1cc(C)cc2c(=O)n(C)c(N3C4CCC3CC(c3ccn(C)n3)C4)nc12. The van der Waals surface area contributed by atoms with Gasteiger partial charge in [0.1, 0.15) is 5.15 Å². The molecule has 2 bridgehead atoms. The first-order valence-electron chi connectivity index (χ1n) is 14.2. The van der Waals surface area contributed by atoms with Gasteiger partial charge in [-0.05, 0) is 69.4 Å². The molecule has 5 heterocycles. The van der Waals surface area contributed by atoms with E-state index < -0.39 is 0 Å². The van der Waals surface area contributed by atoms with Crippen molar-refractivity contribution in [1.29, 1.82) is 0 Å². The van der Waals surface area contributed by atoms with E-state index in [1.807, 2.05) is 44.9 Å². The number of halogens is 1. The van der Waals surface area contributed by atoms with Gasteiger partial charge in [0.05, 0.1) is 28.3 Å². The Hall–Kier alpha value is -3.57. The lowest BCUT2D eigenvalue weighted by Crippen LogP contribution is -2.45. The molecule has 6 rings (SSSR count). The van der Waals surface area contributed by atoms with Gasteiger partial charge in [-0.1, -0.05) is 29.6 Å². The number of nitrogens with one attached hydrogen (secondary N) is 2. The molecule has 2 N–H and O–H groups in total. The van der Waals surface area contributed by atoms with Crippen LogP contribution in [0.5, 0.6) is 0 Å². The van der Waals surface area contributed by atoms with Crippen LogP contribution in [0, 0.1) is 6.92 Å². The summed E-state index contributed by atoms with van der Waals surface area (Å²) >= 11 is 7.32. The van der Waals surface area contributed by atoms with Gasteiger partial charge < -0.3 is 10.2 Å². The van der Waals surface area contributed by atoms with Crippen LogP contribution in [-0.4, -0.2) is 48.6 Å². The van der Waals surface area contributed by atoms with Gasteiger partial charge in [0.2, 0.25) is 5.95 Å². The summed E-state index contributed by atoms with van der Waals surface area (Å²) in [7, 11) is 3.79. The van der Waals surface area contributed by atoms with E-state index in [4.69, 9.17) is 16.6 Å². The third-order valence-corrected chi connectivity index (χ3v) is 9.16. The van der Waals surface area contributed by atoms with Gasteiger partial charge in [0.15, 0.2) is 5.69 Å². The highest BCUT2D eigenvalue weighted by atomic mass is 35.5. The second kappa shape index (κ2) is 11.3. The van der Waals surface area contributed by atoms with Gasteiger partial charge in [0, 0.05) is 50.1 Å². The van der Waals surface area contributed by atoms with E-state index in [1.165, 1.54) is 11.9 Å². The number of anilines is 2. The number of nitrogens with zero attached hydrogens (tertiary/aromatic N) is 6. The molecule has 2 fully saturated rings. The second-order valence-electron chi connectivity index (χ2n) is 11.4. The fourth-order valence-corrected chi connectivity index (χ4v) is 7.10. The van der Waals surface area contributed by atoms with Crippen molar-refractivity contribution in [3.05, 3.63) is 74.6 Å². The number of fused-ring (bicyclic) bond motifs is 3. The number of hydrogen-bond donors (Lipinski definition) is 2. The van der Waals surface area contributed by atoms with Gasteiger partial charge in [-0.15, -0.1) is 0 Å². The minimum atomic E-state index is -0.340. The van der Waals surface area contributed by atoms with Crippen LogP contribution in [0.25, 0.3) is 10.9 Å². The van der Waals surface area contributed by atoms with E-state index in [9.17, 15) is 9.59 Å². The van der Waals surface area contributed by atoms with Crippen molar-refractivity contribution in [1.82, 2.24) is 29.0 Å². The zero-order chi connectivity index (χ0) is 29.7. The predicted octanol–water partition coefficient (Wildman–Crippen LogP) is 5.12. The Balaban J connectivity index is 1.38. The number of aryl methyl sites for hydroxylation is 2. The Morgan fingerprint density at radius 2 is 1.86 bits per heavy atom. The first-order chi connectivity index (χ1) is 20.1. The molecule has 0 aliphatic carbocycles. The number of hydrogen-bond acceptors (Lipinski definition) is 8. The molecule has 10 nitrogen and oxygen atoms in total. The Kier molecular flexibility index (Phi) is 7.65. The zero-order valence-electron chi connectivity index (χ0n) is 24.4. The maximum atomic E-state index is 13.8. The van der Waals surface area contributed by atoms with Gasteiger partial charge in [-0.25, -0.2) is 9.97 Å². The average Bonchev–Trinajstić information content (AvgIpc) is 3.50. The number of benzene rings is 1. The van der Waals surface area contributed by atoms with E-state index in [1.54, 1.807) is 23.0 Å². The molecule has 42 heavy (non-hydrogen) atoms. The van der Waals surface area contributed by atoms with Gasteiger partial charge in [0.25, 0.3) is 11.5 Å². The molecule has 3 aromatic heterocycles. The highest BCUT2D eigenvalue weighted by Crippen LogP contribution is 2.44. The quantitative estimate of drug-likeness (QED) is 0.220. The monoisotopic (exact) mass is 606 g/mol. The second-order valence-corrected chi connectivity index (χ2v) is 12.4. The average molecular weight is 607 g/mol.